The van der Waals surface area contributed by atoms with Crippen molar-refractivity contribution in [3.63, 3.8) is 0 Å². The van der Waals surface area contributed by atoms with Crippen LogP contribution in [0.1, 0.15) is 10.6 Å². The molecule has 0 spiro atoms. The number of thiazole rings is 1. The second-order valence-corrected chi connectivity index (χ2v) is 8.58. The number of halogens is 1. The molecule has 0 radical (unpaired) electrons. The van der Waals surface area contributed by atoms with Gasteiger partial charge in [0.05, 0.1) is 23.3 Å². The van der Waals surface area contributed by atoms with E-state index in [-0.39, 0.29) is 5.91 Å². The molecule has 1 saturated heterocycles. The van der Waals surface area contributed by atoms with E-state index in [2.05, 4.69) is 33.3 Å². The van der Waals surface area contributed by atoms with Crippen LogP contribution in [0.25, 0.3) is 10.2 Å². The predicted octanol–water partition coefficient (Wildman–Crippen LogP) is 3.38. The largest absolute Gasteiger partial charge is 0.351 e. The van der Waals surface area contributed by atoms with Crippen LogP contribution in [0.3, 0.4) is 0 Å². The Morgan fingerprint density at radius 1 is 1.04 bits per heavy atom. The smallest absolute Gasteiger partial charge is 0.234 e. The van der Waals surface area contributed by atoms with Gasteiger partial charge in [-0.15, -0.1) is 11.3 Å². The van der Waals surface area contributed by atoms with Crippen LogP contribution in [0, 0.1) is 0 Å². The first kappa shape index (κ1) is 19.3. The number of carbonyl (C=O) groups excluding carboxylic acids is 1. The summed E-state index contributed by atoms with van der Waals surface area (Å²) in [6.45, 7) is 5.59. The van der Waals surface area contributed by atoms with Crippen LogP contribution in [0.15, 0.2) is 48.5 Å². The number of benzene rings is 2. The Bertz CT molecular complexity index is 902. The number of hydrogen-bond donors (Lipinski definition) is 1. The molecule has 1 aliphatic rings. The van der Waals surface area contributed by atoms with E-state index in [1.165, 1.54) is 4.70 Å². The third-order valence-electron chi connectivity index (χ3n) is 4.93. The first-order valence-electron chi connectivity index (χ1n) is 9.46. The first-order valence-corrected chi connectivity index (χ1v) is 10.7. The number of piperazine rings is 1. The van der Waals surface area contributed by atoms with Crippen molar-refractivity contribution in [2.24, 2.45) is 0 Å². The molecule has 0 bridgehead atoms. The van der Waals surface area contributed by atoms with E-state index in [1.807, 2.05) is 30.3 Å². The zero-order valence-electron chi connectivity index (χ0n) is 15.6. The summed E-state index contributed by atoms with van der Waals surface area (Å²) in [6.07, 6.45) is 0. The van der Waals surface area contributed by atoms with E-state index >= 15 is 0 Å². The minimum atomic E-state index is 0.0644. The predicted molar refractivity (Wildman–Crippen MR) is 115 cm³/mol. The standard InChI is InChI=1S/C21H23ClN4OS/c22-17-7-5-16(6-8-17)13-23-20(27)14-25-9-11-26(12-10-25)15-21-24-18-3-1-2-4-19(18)28-21/h1-8H,9-15H2,(H,23,27). The Balaban J connectivity index is 1.20. The highest BCUT2D eigenvalue weighted by atomic mass is 35.5. The number of fused-ring (bicyclic) bond motifs is 1. The van der Waals surface area contributed by atoms with E-state index < -0.39 is 0 Å². The fourth-order valence-corrected chi connectivity index (χ4v) is 4.48. The number of para-hydroxylation sites is 1. The minimum absolute atomic E-state index is 0.0644. The lowest BCUT2D eigenvalue weighted by Crippen LogP contribution is -2.49. The molecule has 28 heavy (non-hydrogen) atoms. The van der Waals surface area contributed by atoms with Crippen molar-refractivity contribution < 1.29 is 4.79 Å². The SMILES string of the molecule is O=C(CN1CCN(Cc2nc3ccccc3s2)CC1)NCc1ccc(Cl)cc1. The van der Waals surface area contributed by atoms with Gasteiger partial charge in [-0.3, -0.25) is 14.6 Å². The summed E-state index contributed by atoms with van der Waals surface area (Å²) in [7, 11) is 0. The fourth-order valence-electron chi connectivity index (χ4n) is 3.35. The van der Waals surface area contributed by atoms with Crippen molar-refractivity contribution in [2.45, 2.75) is 13.1 Å². The lowest BCUT2D eigenvalue weighted by molar-refractivity contribution is -0.122. The number of amides is 1. The van der Waals surface area contributed by atoms with Gasteiger partial charge in [0.1, 0.15) is 5.01 Å². The zero-order valence-corrected chi connectivity index (χ0v) is 17.2. The molecule has 3 aromatic rings. The lowest BCUT2D eigenvalue weighted by Gasteiger charge is -2.33. The molecule has 2 aromatic carbocycles. The summed E-state index contributed by atoms with van der Waals surface area (Å²) in [5.74, 6) is 0.0644. The van der Waals surface area contributed by atoms with Crippen LogP contribution in [-0.2, 0) is 17.9 Å². The van der Waals surface area contributed by atoms with Gasteiger partial charge >= 0.3 is 0 Å². The lowest BCUT2D eigenvalue weighted by atomic mass is 10.2. The van der Waals surface area contributed by atoms with Gasteiger partial charge in [-0.05, 0) is 29.8 Å². The van der Waals surface area contributed by atoms with E-state index in [4.69, 9.17) is 16.6 Å². The Morgan fingerprint density at radius 3 is 2.50 bits per heavy atom. The van der Waals surface area contributed by atoms with Crippen molar-refractivity contribution in [3.05, 3.63) is 64.1 Å². The summed E-state index contributed by atoms with van der Waals surface area (Å²) < 4.78 is 1.24. The van der Waals surface area contributed by atoms with E-state index in [0.29, 0.717) is 18.1 Å². The molecule has 5 nitrogen and oxygen atoms in total. The molecule has 0 saturated carbocycles. The average Bonchev–Trinajstić information content (AvgIpc) is 3.11. The number of rotatable bonds is 6. The van der Waals surface area contributed by atoms with Crippen molar-refractivity contribution in [1.82, 2.24) is 20.1 Å². The van der Waals surface area contributed by atoms with Crippen LogP contribution < -0.4 is 5.32 Å². The topological polar surface area (TPSA) is 48.5 Å². The van der Waals surface area contributed by atoms with Gasteiger partial charge in [0.2, 0.25) is 5.91 Å². The molecule has 1 amide bonds. The molecule has 2 heterocycles. The molecule has 4 rings (SSSR count). The van der Waals surface area contributed by atoms with E-state index in [1.54, 1.807) is 11.3 Å². The minimum Gasteiger partial charge on any atom is -0.351 e. The second kappa shape index (κ2) is 9.01. The molecule has 1 fully saturated rings. The Hall–Kier alpha value is -1.99. The van der Waals surface area contributed by atoms with E-state index in [0.717, 1.165) is 48.8 Å². The molecule has 1 aromatic heterocycles. The third-order valence-corrected chi connectivity index (χ3v) is 6.21. The molecular weight excluding hydrogens is 392 g/mol. The number of nitrogens with one attached hydrogen (secondary N) is 1. The van der Waals surface area contributed by atoms with Gasteiger partial charge in [-0.25, -0.2) is 4.98 Å². The summed E-state index contributed by atoms with van der Waals surface area (Å²) in [5.41, 5.74) is 2.14. The Kier molecular flexibility index (Phi) is 6.22. The molecule has 0 atom stereocenters. The maximum Gasteiger partial charge on any atom is 0.234 e. The molecule has 0 aliphatic carbocycles. The summed E-state index contributed by atoms with van der Waals surface area (Å²) >= 11 is 7.65. The molecule has 146 valence electrons. The van der Waals surface area contributed by atoms with Crippen LogP contribution in [0.4, 0.5) is 0 Å². The van der Waals surface area contributed by atoms with Crippen molar-refractivity contribution >= 4 is 39.1 Å². The highest BCUT2D eigenvalue weighted by Gasteiger charge is 2.20. The third kappa shape index (κ3) is 5.08. The zero-order chi connectivity index (χ0) is 19.3. The van der Waals surface area contributed by atoms with Gasteiger partial charge < -0.3 is 5.32 Å². The van der Waals surface area contributed by atoms with Crippen molar-refractivity contribution in [3.8, 4) is 0 Å². The molecule has 1 aliphatic heterocycles. The average molecular weight is 415 g/mol. The van der Waals surface area contributed by atoms with Crippen LogP contribution in [0.5, 0.6) is 0 Å². The summed E-state index contributed by atoms with van der Waals surface area (Å²) in [4.78, 5) is 21.6. The molecular formula is C21H23ClN4OS. The fraction of sp³-hybridized carbons (Fsp3) is 0.333. The van der Waals surface area contributed by atoms with Gasteiger partial charge in [-0.2, -0.15) is 0 Å². The van der Waals surface area contributed by atoms with Crippen LogP contribution >= 0.6 is 22.9 Å². The molecule has 1 N–H and O–H groups in total. The normalized spacial score (nSPS) is 15.8. The number of hydrogen-bond acceptors (Lipinski definition) is 5. The van der Waals surface area contributed by atoms with Crippen LogP contribution in [-0.4, -0.2) is 53.4 Å². The Labute approximate surface area is 173 Å². The van der Waals surface area contributed by atoms with E-state index in [9.17, 15) is 4.79 Å². The van der Waals surface area contributed by atoms with Gasteiger partial charge in [-0.1, -0.05) is 35.9 Å². The Morgan fingerprint density at radius 2 is 1.75 bits per heavy atom. The summed E-state index contributed by atoms with van der Waals surface area (Å²) in [6, 6.07) is 15.8. The highest BCUT2D eigenvalue weighted by Crippen LogP contribution is 2.23. The van der Waals surface area contributed by atoms with Gasteiger partial charge in [0.15, 0.2) is 0 Å². The quantitative estimate of drug-likeness (QED) is 0.671. The summed E-state index contributed by atoms with van der Waals surface area (Å²) in [5, 5.41) is 4.86. The number of aromatic nitrogens is 1. The monoisotopic (exact) mass is 414 g/mol. The van der Waals surface area contributed by atoms with Gasteiger partial charge in [0.25, 0.3) is 0 Å². The first-order chi connectivity index (χ1) is 13.7. The second-order valence-electron chi connectivity index (χ2n) is 7.03. The van der Waals surface area contributed by atoms with Crippen molar-refractivity contribution in [2.75, 3.05) is 32.7 Å². The van der Waals surface area contributed by atoms with Crippen LogP contribution in [0.2, 0.25) is 5.02 Å². The maximum atomic E-state index is 12.2. The van der Waals surface area contributed by atoms with Crippen molar-refractivity contribution in [1.29, 1.82) is 0 Å². The highest BCUT2D eigenvalue weighted by molar-refractivity contribution is 7.18. The molecule has 0 unspecified atom stereocenters. The number of carbonyl (C=O) groups is 1. The van der Waals surface area contributed by atoms with Gasteiger partial charge in [0, 0.05) is 37.7 Å². The maximum absolute atomic E-state index is 12.2. The molecule has 7 heteroatoms. The number of nitrogens with zero attached hydrogens (tertiary/aromatic N) is 3.